The first-order valence-corrected chi connectivity index (χ1v) is 8.18. The third-order valence-electron chi connectivity index (χ3n) is 4.70. The van der Waals surface area contributed by atoms with E-state index in [1.54, 1.807) is 0 Å². The van der Waals surface area contributed by atoms with E-state index in [-0.39, 0.29) is 0 Å². The van der Waals surface area contributed by atoms with Crippen molar-refractivity contribution in [1.29, 1.82) is 5.26 Å². The maximum Gasteiger partial charge on any atom is 0.105 e. The standard InChI is InChI=1S/C16H30N4/c1-14(2)18-16(3,13-17)7-9-19-10-11-20-8-5-4-6-15(20)12-19/h14-15,18H,4-12H2,1-3H3. The van der Waals surface area contributed by atoms with E-state index in [2.05, 4.69) is 35.0 Å². The maximum atomic E-state index is 9.41. The fraction of sp³-hybridized carbons (Fsp3) is 0.938. The van der Waals surface area contributed by atoms with Crippen LogP contribution < -0.4 is 5.32 Å². The van der Waals surface area contributed by atoms with Gasteiger partial charge in [0.25, 0.3) is 0 Å². The largest absolute Gasteiger partial charge is 0.300 e. The van der Waals surface area contributed by atoms with E-state index in [1.165, 1.54) is 45.4 Å². The van der Waals surface area contributed by atoms with Crippen LogP contribution in [-0.2, 0) is 0 Å². The molecule has 0 aromatic heterocycles. The van der Waals surface area contributed by atoms with Crippen LogP contribution in [0.2, 0.25) is 0 Å². The molecule has 2 heterocycles. The van der Waals surface area contributed by atoms with Crippen molar-refractivity contribution in [1.82, 2.24) is 15.1 Å². The van der Waals surface area contributed by atoms with Gasteiger partial charge in [-0.3, -0.25) is 10.2 Å². The fourth-order valence-electron chi connectivity index (χ4n) is 3.60. The number of fused-ring (bicyclic) bond motifs is 1. The van der Waals surface area contributed by atoms with Crippen molar-refractivity contribution in [2.24, 2.45) is 0 Å². The molecule has 2 aliphatic heterocycles. The van der Waals surface area contributed by atoms with Crippen molar-refractivity contribution in [2.45, 2.75) is 64.1 Å². The van der Waals surface area contributed by atoms with Crippen molar-refractivity contribution < 1.29 is 0 Å². The highest BCUT2D eigenvalue weighted by molar-refractivity contribution is 5.05. The van der Waals surface area contributed by atoms with E-state index in [1.807, 2.05) is 6.92 Å². The van der Waals surface area contributed by atoms with E-state index in [4.69, 9.17) is 0 Å². The normalized spacial score (nSPS) is 27.9. The van der Waals surface area contributed by atoms with Gasteiger partial charge in [0, 0.05) is 38.3 Å². The minimum absolute atomic E-state index is 0.356. The zero-order valence-electron chi connectivity index (χ0n) is 13.4. The van der Waals surface area contributed by atoms with E-state index >= 15 is 0 Å². The summed E-state index contributed by atoms with van der Waals surface area (Å²) in [4.78, 5) is 5.22. The number of hydrogen-bond acceptors (Lipinski definition) is 4. The molecular formula is C16H30N4. The summed E-state index contributed by atoms with van der Waals surface area (Å²) in [7, 11) is 0. The quantitative estimate of drug-likeness (QED) is 0.833. The molecule has 20 heavy (non-hydrogen) atoms. The van der Waals surface area contributed by atoms with Gasteiger partial charge in [0.1, 0.15) is 5.54 Å². The van der Waals surface area contributed by atoms with Crippen molar-refractivity contribution in [3.63, 3.8) is 0 Å². The van der Waals surface area contributed by atoms with E-state index in [0.717, 1.165) is 19.0 Å². The van der Waals surface area contributed by atoms with Gasteiger partial charge in [-0.2, -0.15) is 5.26 Å². The average Bonchev–Trinajstić information content (AvgIpc) is 2.44. The third-order valence-corrected chi connectivity index (χ3v) is 4.70. The maximum absolute atomic E-state index is 9.41. The first-order valence-electron chi connectivity index (χ1n) is 8.18. The summed E-state index contributed by atoms with van der Waals surface area (Å²) in [5, 5.41) is 12.8. The number of rotatable bonds is 5. The molecule has 2 atom stereocenters. The van der Waals surface area contributed by atoms with Gasteiger partial charge in [-0.15, -0.1) is 0 Å². The molecule has 0 aromatic rings. The van der Waals surface area contributed by atoms with E-state index in [9.17, 15) is 5.26 Å². The second kappa shape index (κ2) is 6.89. The Morgan fingerprint density at radius 2 is 2.10 bits per heavy atom. The van der Waals surface area contributed by atoms with Crippen molar-refractivity contribution in [2.75, 3.05) is 32.7 Å². The number of piperazine rings is 1. The summed E-state index contributed by atoms with van der Waals surface area (Å²) in [5.41, 5.74) is -0.391. The predicted molar refractivity (Wildman–Crippen MR) is 82.6 cm³/mol. The zero-order valence-corrected chi connectivity index (χ0v) is 13.4. The van der Waals surface area contributed by atoms with Crippen LogP contribution in [0.1, 0.15) is 46.5 Å². The molecule has 0 radical (unpaired) electrons. The molecule has 2 fully saturated rings. The Balaban J connectivity index is 1.80. The average molecular weight is 278 g/mol. The minimum Gasteiger partial charge on any atom is -0.300 e. The lowest BCUT2D eigenvalue weighted by atomic mass is 9.96. The van der Waals surface area contributed by atoms with Gasteiger partial charge in [-0.25, -0.2) is 0 Å². The number of nitrogens with one attached hydrogen (secondary N) is 1. The van der Waals surface area contributed by atoms with Crippen LogP contribution in [0.3, 0.4) is 0 Å². The number of piperidine rings is 1. The monoisotopic (exact) mass is 278 g/mol. The highest BCUT2D eigenvalue weighted by Crippen LogP contribution is 2.22. The van der Waals surface area contributed by atoms with Crippen LogP contribution in [0.25, 0.3) is 0 Å². The summed E-state index contributed by atoms with van der Waals surface area (Å²) in [6.07, 6.45) is 5.03. The van der Waals surface area contributed by atoms with Crippen molar-refractivity contribution >= 4 is 0 Å². The molecule has 0 spiro atoms. The van der Waals surface area contributed by atoms with E-state index < -0.39 is 5.54 Å². The molecule has 2 saturated heterocycles. The van der Waals surface area contributed by atoms with Crippen LogP contribution >= 0.6 is 0 Å². The number of hydrogen-bond donors (Lipinski definition) is 1. The number of nitriles is 1. The lowest BCUT2D eigenvalue weighted by molar-refractivity contribution is 0.0463. The molecular weight excluding hydrogens is 248 g/mol. The first kappa shape index (κ1) is 15.8. The highest BCUT2D eigenvalue weighted by Gasteiger charge is 2.30. The van der Waals surface area contributed by atoms with Gasteiger partial charge >= 0.3 is 0 Å². The van der Waals surface area contributed by atoms with Crippen LogP contribution in [0.4, 0.5) is 0 Å². The van der Waals surface area contributed by atoms with Gasteiger partial charge in [-0.05, 0) is 46.6 Å². The zero-order chi connectivity index (χ0) is 14.6. The molecule has 0 bridgehead atoms. The number of nitrogens with zero attached hydrogens (tertiary/aromatic N) is 3. The fourth-order valence-corrected chi connectivity index (χ4v) is 3.60. The molecule has 4 heteroatoms. The molecule has 0 aromatic carbocycles. The Labute approximate surface area is 124 Å². The first-order chi connectivity index (χ1) is 9.52. The second-order valence-electron chi connectivity index (χ2n) is 6.98. The molecule has 2 rings (SSSR count). The lowest BCUT2D eigenvalue weighted by Gasteiger charge is -2.44. The molecule has 0 saturated carbocycles. The van der Waals surface area contributed by atoms with Gasteiger partial charge < -0.3 is 4.90 Å². The topological polar surface area (TPSA) is 42.3 Å². The van der Waals surface area contributed by atoms with Crippen molar-refractivity contribution in [3.8, 4) is 6.07 Å². The Morgan fingerprint density at radius 1 is 1.30 bits per heavy atom. The SMILES string of the molecule is CC(C)NC(C)(C#N)CCN1CCN2CCCCC2C1. The molecule has 2 aliphatic rings. The van der Waals surface area contributed by atoms with Gasteiger partial charge in [0.15, 0.2) is 0 Å². The Morgan fingerprint density at radius 3 is 2.80 bits per heavy atom. The predicted octanol–water partition coefficient (Wildman–Crippen LogP) is 1.83. The van der Waals surface area contributed by atoms with Gasteiger partial charge in [0.2, 0.25) is 0 Å². The second-order valence-corrected chi connectivity index (χ2v) is 6.98. The van der Waals surface area contributed by atoms with Crippen LogP contribution in [-0.4, -0.2) is 60.1 Å². The Hall–Kier alpha value is -0.630. The van der Waals surface area contributed by atoms with Crippen LogP contribution in [0.15, 0.2) is 0 Å². The van der Waals surface area contributed by atoms with E-state index in [0.29, 0.717) is 6.04 Å². The summed E-state index contributed by atoms with van der Waals surface area (Å²) < 4.78 is 0. The van der Waals surface area contributed by atoms with Crippen LogP contribution in [0.5, 0.6) is 0 Å². The highest BCUT2D eigenvalue weighted by atomic mass is 15.3. The minimum atomic E-state index is -0.391. The molecule has 1 N–H and O–H groups in total. The molecule has 114 valence electrons. The van der Waals surface area contributed by atoms with Gasteiger partial charge in [0.05, 0.1) is 6.07 Å². The molecule has 2 unspecified atom stereocenters. The molecule has 4 nitrogen and oxygen atoms in total. The third kappa shape index (κ3) is 4.18. The van der Waals surface area contributed by atoms with Crippen molar-refractivity contribution in [3.05, 3.63) is 0 Å². The Kier molecular flexibility index (Phi) is 5.42. The van der Waals surface area contributed by atoms with Crippen LogP contribution in [0, 0.1) is 11.3 Å². The smallest absolute Gasteiger partial charge is 0.105 e. The molecule has 0 amide bonds. The van der Waals surface area contributed by atoms with Gasteiger partial charge in [-0.1, -0.05) is 6.42 Å². The summed E-state index contributed by atoms with van der Waals surface area (Å²) >= 11 is 0. The summed E-state index contributed by atoms with van der Waals surface area (Å²) in [6.45, 7) is 12.2. The Bertz CT molecular complexity index is 349. The molecule has 0 aliphatic carbocycles. The summed E-state index contributed by atoms with van der Waals surface area (Å²) in [5.74, 6) is 0. The summed E-state index contributed by atoms with van der Waals surface area (Å²) in [6, 6.07) is 3.58. The lowest BCUT2D eigenvalue weighted by Crippen LogP contribution is -2.56.